The van der Waals surface area contributed by atoms with Crippen LogP contribution in [-0.2, 0) is 0 Å². The molecule has 0 saturated carbocycles. The molecule has 0 amide bonds. The van der Waals surface area contributed by atoms with Gasteiger partial charge in [0.2, 0.25) is 11.8 Å². The Labute approximate surface area is 122 Å². The molecule has 6 heteroatoms. The van der Waals surface area contributed by atoms with Gasteiger partial charge in [-0.15, -0.1) is 0 Å². The Balaban J connectivity index is 1.81. The highest BCUT2D eigenvalue weighted by molar-refractivity contribution is 5.47. The summed E-state index contributed by atoms with van der Waals surface area (Å²) in [6.07, 6.45) is 0.882. The second-order valence-corrected chi connectivity index (χ2v) is 5.08. The van der Waals surface area contributed by atoms with Crippen LogP contribution >= 0.6 is 0 Å². The van der Waals surface area contributed by atoms with Crippen molar-refractivity contribution in [2.75, 3.05) is 30.8 Å². The van der Waals surface area contributed by atoms with E-state index in [9.17, 15) is 4.39 Å². The summed E-state index contributed by atoms with van der Waals surface area (Å²) in [4.78, 5) is 10.3. The minimum atomic E-state index is -0.149. The predicted molar refractivity (Wildman–Crippen MR) is 79.0 cm³/mol. The number of hydrogen-bond acceptors (Lipinski definition) is 5. The Morgan fingerprint density at radius 2 is 2.14 bits per heavy atom. The number of nitrogens with zero attached hydrogens (tertiary/aromatic N) is 3. The van der Waals surface area contributed by atoms with E-state index in [2.05, 4.69) is 14.9 Å². The summed E-state index contributed by atoms with van der Waals surface area (Å²) >= 11 is 0. The van der Waals surface area contributed by atoms with E-state index in [4.69, 9.17) is 10.5 Å². The Morgan fingerprint density at radius 3 is 2.90 bits per heavy atom. The van der Waals surface area contributed by atoms with Gasteiger partial charge in [-0.3, -0.25) is 0 Å². The van der Waals surface area contributed by atoms with Gasteiger partial charge in [-0.05, 0) is 18.1 Å². The molecule has 2 N–H and O–H groups in total. The van der Waals surface area contributed by atoms with Gasteiger partial charge in [-0.2, -0.15) is 9.97 Å². The quantitative estimate of drug-likeness (QED) is 0.938. The fraction of sp³-hybridized carbons (Fsp3) is 0.333. The van der Waals surface area contributed by atoms with Crippen LogP contribution in [0.15, 0.2) is 30.3 Å². The average molecular weight is 288 g/mol. The van der Waals surface area contributed by atoms with E-state index in [0.717, 1.165) is 24.3 Å². The summed E-state index contributed by atoms with van der Waals surface area (Å²) in [5.41, 5.74) is 6.44. The van der Waals surface area contributed by atoms with Crippen molar-refractivity contribution in [1.29, 1.82) is 0 Å². The smallest absolute Gasteiger partial charge is 0.225 e. The molecule has 3 rings (SSSR count). The van der Waals surface area contributed by atoms with E-state index < -0.39 is 0 Å². The molecule has 110 valence electrons. The van der Waals surface area contributed by atoms with Gasteiger partial charge < -0.3 is 15.4 Å². The van der Waals surface area contributed by atoms with Crippen LogP contribution in [0, 0.1) is 5.82 Å². The number of nitrogens with two attached hydrogens (primary N) is 1. The maximum Gasteiger partial charge on any atom is 0.225 e. The van der Waals surface area contributed by atoms with Crippen molar-refractivity contribution in [3.8, 4) is 5.88 Å². The molecule has 0 aliphatic carbocycles. The molecule has 1 saturated heterocycles. The molecule has 0 bridgehead atoms. The number of hydrogen-bond donors (Lipinski definition) is 1. The highest BCUT2D eigenvalue weighted by atomic mass is 19.1. The normalized spacial score (nSPS) is 18.0. The Hall–Kier alpha value is -2.37. The molecule has 0 radical (unpaired) electrons. The summed E-state index contributed by atoms with van der Waals surface area (Å²) in [6.45, 7) is 1.51. The molecular formula is C15H17FN4O. The largest absolute Gasteiger partial charge is 0.481 e. The Bertz CT molecular complexity index is 649. The first-order valence-electron chi connectivity index (χ1n) is 6.85. The van der Waals surface area contributed by atoms with Crippen molar-refractivity contribution < 1.29 is 9.13 Å². The maximum absolute atomic E-state index is 13.9. The van der Waals surface area contributed by atoms with E-state index >= 15 is 0 Å². The lowest BCUT2D eigenvalue weighted by Gasteiger charge is -2.18. The molecule has 1 aromatic heterocycles. The highest BCUT2D eigenvalue weighted by Gasteiger charge is 2.27. The number of halogens is 1. The number of nitrogen functional groups attached to an aromatic ring is 1. The van der Waals surface area contributed by atoms with Crippen LogP contribution in [0.3, 0.4) is 0 Å². The van der Waals surface area contributed by atoms with Gasteiger partial charge >= 0.3 is 0 Å². The fourth-order valence-corrected chi connectivity index (χ4v) is 2.73. The summed E-state index contributed by atoms with van der Waals surface area (Å²) in [6, 6.07) is 8.68. The first kappa shape index (κ1) is 13.6. The van der Waals surface area contributed by atoms with Crippen molar-refractivity contribution in [2.24, 2.45) is 0 Å². The van der Waals surface area contributed by atoms with E-state index in [1.54, 1.807) is 12.1 Å². The van der Waals surface area contributed by atoms with Crippen molar-refractivity contribution in [1.82, 2.24) is 9.97 Å². The van der Waals surface area contributed by atoms with Gasteiger partial charge in [0.15, 0.2) is 0 Å². The maximum atomic E-state index is 13.9. The van der Waals surface area contributed by atoms with Crippen molar-refractivity contribution in [2.45, 2.75) is 12.3 Å². The minimum Gasteiger partial charge on any atom is -0.481 e. The van der Waals surface area contributed by atoms with E-state index in [-0.39, 0.29) is 17.7 Å². The summed E-state index contributed by atoms with van der Waals surface area (Å²) in [5, 5.41) is 0. The standard InChI is InChI=1S/C15H17FN4O/c1-21-14-8-13(18-15(17)19-14)20-7-6-10(9-20)11-4-2-3-5-12(11)16/h2-5,8,10H,6-7,9H2,1H3,(H2,17,18,19)/t10-/m1/s1. The molecule has 1 atom stereocenters. The molecule has 2 heterocycles. The number of methoxy groups -OCH3 is 1. The zero-order chi connectivity index (χ0) is 14.8. The molecule has 5 nitrogen and oxygen atoms in total. The number of benzene rings is 1. The number of rotatable bonds is 3. The van der Waals surface area contributed by atoms with Gasteiger partial charge in [0.25, 0.3) is 0 Å². The second-order valence-electron chi connectivity index (χ2n) is 5.08. The van der Waals surface area contributed by atoms with Crippen LogP contribution in [-0.4, -0.2) is 30.2 Å². The second kappa shape index (κ2) is 5.55. The van der Waals surface area contributed by atoms with Gasteiger partial charge in [0, 0.05) is 25.1 Å². The molecule has 2 aromatic rings. The van der Waals surface area contributed by atoms with Crippen LogP contribution < -0.4 is 15.4 Å². The molecule has 1 aliphatic rings. The van der Waals surface area contributed by atoms with Crippen LogP contribution in [0.1, 0.15) is 17.9 Å². The van der Waals surface area contributed by atoms with Gasteiger partial charge in [0.05, 0.1) is 7.11 Å². The van der Waals surface area contributed by atoms with Crippen molar-refractivity contribution in [3.05, 3.63) is 41.7 Å². The molecule has 1 aliphatic heterocycles. The fourth-order valence-electron chi connectivity index (χ4n) is 2.73. The minimum absolute atomic E-state index is 0.149. The number of ether oxygens (including phenoxy) is 1. The summed E-state index contributed by atoms with van der Waals surface area (Å²) in [7, 11) is 1.54. The first-order chi connectivity index (χ1) is 10.2. The first-order valence-corrected chi connectivity index (χ1v) is 6.85. The predicted octanol–water partition coefficient (Wildman–Crippen LogP) is 2.20. The summed E-state index contributed by atoms with van der Waals surface area (Å²) < 4.78 is 19.0. The lowest BCUT2D eigenvalue weighted by Crippen LogP contribution is -2.21. The van der Waals surface area contributed by atoms with Crippen LogP contribution in [0.4, 0.5) is 16.2 Å². The Morgan fingerprint density at radius 1 is 1.33 bits per heavy atom. The molecule has 1 fully saturated rings. The van der Waals surface area contributed by atoms with Crippen molar-refractivity contribution in [3.63, 3.8) is 0 Å². The molecule has 0 unspecified atom stereocenters. The number of anilines is 2. The van der Waals surface area contributed by atoms with Crippen LogP contribution in [0.2, 0.25) is 0 Å². The number of aromatic nitrogens is 2. The summed E-state index contributed by atoms with van der Waals surface area (Å²) in [5.74, 6) is 1.35. The Kier molecular flexibility index (Phi) is 3.60. The zero-order valence-corrected chi connectivity index (χ0v) is 11.8. The SMILES string of the molecule is COc1cc(N2CC[C@@H](c3ccccc3F)C2)nc(N)n1. The highest BCUT2D eigenvalue weighted by Crippen LogP contribution is 2.32. The van der Waals surface area contributed by atoms with E-state index in [1.807, 2.05) is 12.1 Å². The topological polar surface area (TPSA) is 64.3 Å². The third kappa shape index (κ3) is 2.74. The average Bonchev–Trinajstić information content (AvgIpc) is 2.96. The van der Waals surface area contributed by atoms with Crippen LogP contribution in [0.5, 0.6) is 5.88 Å². The van der Waals surface area contributed by atoms with Crippen molar-refractivity contribution >= 4 is 11.8 Å². The lowest BCUT2D eigenvalue weighted by atomic mass is 9.98. The van der Waals surface area contributed by atoms with Gasteiger partial charge in [0.1, 0.15) is 11.6 Å². The zero-order valence-electron chi connectivity index (χ0n) is 11.8. The third-order valence-corrected chi connectivity index (χ3v) is 3.77. The molecule has 1 aromatic carbocycles. The van der Waals surface area contributed by atoms with Gasteiger partial charge in [-0.25, -0.2) is 4.39 Å². The van der Waals surface area contributed by atoms with E-state index in [0.29, 0.717) is 12.4 Å². The van der Waals surface area contributed by atoms with Crippen LogP contribution in [0.25, 0.3) is 0 Å². The molecule has 0 spiro atoms. The molecular weight excluding hydrogens is 271 g/mol. The van der Waals surface area contributed by atoms with Gasteiger partial charge in [-0.1, -0.05) is 18.2 Å². The monoisotopic (exact) mass is 288 g/mol. The third-order valence-electron chi connectivity index (χ3n) is 3.77. The molecule has 21 heavy (non-hydrogen) atoms. The lowest BCUT2D eigenvalue weighted by molar-refractivity contribution is 0.397. The van der Waals surface area contributed by atoms with E-state index in [1.165, 1.54) is 13.2 Å².